The molecule has 324 valence electrons. The molecule has 0 radical (unpaired) electrons. The zero-order valence-electron chi connectivity index (χ0n) is 33.1. The van der Waals surface area contributed by atoms with Gasteiger partial charge in [-0.1, -0.05) is 121 Å². The van der Waals surface area contributed by atoms with E-state index in [4.69, 9.17) is 9.97 Å². The van der Waals surface area contributed by atoms with E-state index in [1.807, 2.05) is 121 Å². The number of hydrogen-bond acceptors (Lipinski definition) is 14. The standard InChI is InChI=1S/C46H34N6O6S6.2Na.2H/c53-63(54,55)39-27-33(47-41-29-43(59-35-13-5-1-6-14-35)51-45(49-41)61-37-17-9-3-10-18-37)25-23-31(39)21-22-32-24-26-34(28-40(32)64(56,57)58)48-42-30-44(60-36-15-7-2-8-16-36)52-46(50-42)62-38-19-11-4-12-20-38;;;;/h1-30H,(H,47,49,51)(H,48,50,52)(H,53,54,55)(H,56,57,58);;;;/b22-21+;;;;. The van der Waals surface area contributed by atoms with Gasteiger partial charge < -0.3 is 10.6 Å². The van der Waals surface area contributed by atoms with Crippen molar-refractivity contribution in [3.8, 4) is 0 Å². The average molecular weight is 1010 g/mol. The fraction of sp³-hybridized carbons (Fsp3) is 0. The summed E-state index contributed by atoms with van der Waals surface area (Å²) >= 11 is 5.60. The molecule has 0 bridgehead atoms. The van der Waals surface area contributed by atoms with Crippen LogP contribution >= 0.6 is 47.0 Å². The molecule has 20 heteroatoms. The van der Waals surface area contributed by atoms with Crippen LogP contribution in [-0.4, -0.2) is 105 Å². The first kappa shape index (κ1) is 51.4. The van der Waals surface area contributed by atoms with Crippen LogP contribution in [-0.2, 0) is 20.2 Å². The van der Waals surface area contributed by atoms with Crippen molar-refractivity contribution in [3.05, 3.63) is 181 Å². The quantitative estimate of drug-likeness (QED) is 0.0235. The second-order valence-electron chi connectivity index (χ2n) is 13.4. The molecule has 0 fully saturated rings. The molecule has 0 aliphatic rings. The topological polar surface area (TPSA) is 184 Å². The van der Waals surface area contributed by atoms with Crippen LogP contribution in [0.2, 0.25) is 0 Å². The summed E-state index contributed by atoms with van der Waals surface area (Å²) in [7, 11) is -9.61. The van der Waals surface area contributed by atoms with Crippen LogP contribution in [0.1, 0.15) is 11.1 Å². The van der Waals surface area contributed by atoms with Crippen LogP contribution < -0.4 is 10.6 Å². The zero-order chi connectivity index (χ0) is 44.5. The van der Waals surface area contributed by atoms with Crippen LogP contribution in [0, 0.1) is 0 Å². The summed E-state index contributed by atoms with van der Waals surface area (Å²) in [5.74, 6) is 0.754. The van der Waals surface area contributed by atoms with E-state index in [9.17, 15) is 25.9 Å². The fourth-order valence-corrected chi connectivity index (χ4v) is 10.8. The Kier molecular flexibility index (Phi) is 18.6. The van der Waals surface area contributed by atoms with E-state index in [1.165, 1.54) is 83.5 Å². The van der Waals surface area contributed by atoms with Crippen LogP contribution in [0.4, 0.5) is 23.0 Å². The van der Waals surface area contributed by atoms with E-state index >= 15 is 0 Å². The molecule has 66 heavy (non-hydrogen) atoms. The Bertz CT molecular complexity index is 2850. The van der Waals surface area contributed by atoms with Gasteiger partial charge in [-0.15, -0.1) is 0 Å². The minimum absolute atomic E-state index is 0. The first-order valence-electron chi connectivity index (χ1n) is 19.0. The van der Waals surface area contributed by atoms with Crippen LogP contribution in [0.3, 0.4) is 0 Å². The Balaban J connectivity index is 0.00000360. The number of hydrogen-bond donors (Lipinski definition) is 4. The van der Waals surface area contributed by atoms with Crippen molar-refractivity contribution in [2.45, 2.75) is 49.7 Å². The van der Waals surface area contributed by atoms with E-state index in [0.717, 1.165) is 19.6 Å². The molecule has 8 rings (SSSR count). The molecule has 2 heterocycles. The molecule has 0 amide bonds. The number of nitrogens with zero attached hydrogens (tertiary/aromatic N) is 4. The zero-order valence-corrected chi connectivity index (χ0v) is 38.0. The van der Waals surface area contributed by atoms with E-state index in [0.29, 0.717) is 43.4 Å². The van der Waals surface area contributed by atoms with Gasteiger partial charge in [0.05, 0.1) is 0 Å². The van der Waals surface area contributed by atoms with E-state index < -0.39 is 30.0 Å². The Morgan fingerprint density at radius 1 is 0.409 bits per heavy atom. The second-order valence-corrected chi connectivity index (χ2v) is 20.5. The van der Waals surface area contributed by atoms with Gasteiger partial charge >= 0.3 is 59.1 Å². The first-order valence-corrected chi connectivity index (χ1v) is 25.2. The molecule has 12 nitrogen and oxygen atoms in total. The van der Waals surface area contributed by atoms with Crippen molar-refractivity contribution in [3.63, 3.8) is 0 Å². The molecule has 0 saturated carbocycles. The van der Waals surface area contributed by atoms with Gasteiger partial charge in [0.25, 0.3) is 20.2 Å². The molecular formula is C46H36N6Na2O6S6. The SMILES string of the molecule is O=S(=O)(O)c1cc(Nc2cc(Sc3ccccc3)nc(Sc3ccccc3)n2)ccc1/C=C/c1ccc(Nc2cc(Sc3ccccc3)nc(Sc3ccccc3)n2)cc1S(=O)(=O)O.[NaH].[NaH]. The van der Waals surface area contributed by atoms with Gasteiger partial charge in [0.2, 0.25) is 0 Å². The Labute approximate surface area is 443 Å². The summed E-state index contributed by atoms with van der Waals surface area (Å²) in [4.78, 5) is 21.7. The third-order valence-electron chi connectivity index (χ3n) is 8.77. The molecule has 0 atom stereocenters. The van der Waals surface area contributed by atoms with Crippen molar-refractivity contribution in [1.82, 2.24) is 19.9 Å². The third kappa shape index (κ3) is 14.8. The predicted molar refractivity (Wildman–Crippen MR) is 269 cm³/mol. The van der Waals surface area contributed by atoms with Crippen LogP contribution in [0.15, 0.2) is 220 Å². The first-order chi connectivity index (χ1) is 30.9. The van der Waals surface area contributed by atoms with Crippen LogP contribution in [0.5, 0.6) is 0 Å². The molecule has 8 aromatic rings. The van der Waals surface area contributed by atoms with Gasteiger partial charge in [-0.3, -0.25) is 9.11 Å². The number of anilines is 4. The Morgan fingerprint density at radius 3 is 1.05 bits per heavy atom. The molecule has 0 saturated heterocycles. The van der Waals surface area contributed by atoms with Gasteiger partial charge in [-0.05, 0) is 107 Å². The van der Waals surface area contributed by atoms with Crippen molar-refractivity contribution in [2.75, 3.05) is 10.6 Å². The average Bonchev–Trinajstić information content (AvgIpc) is 3.27. The summed E-state index contributed by atoms with van der Waals surface area (Å²) in [6, 6.07) is 50.7. The second kappa shape index (κ2) is 23.9. The maximum atomic E-state index is 12.8. The van der Waals surface area contributed by atoms with Crippen LogP contribution in [0.25, 0.3) is 12.2 Å². The van der Waals surface area contributed by atoms with Crippen molar-refractivity contribution in [1.29, 1.82) is 0 Å². The summed E-state index contributed by atoms with van der Waals surface area (Å²) in [6.07, 6.45) is 2.67. The molecule has 4 N–H and O–H groups in total. The maximum absolute atomic E-state index is 12.8. The number of aromatic nitrogens is 4. The summed E-state index contributed by atoms with van der Waals surface area (Å²) in [6.45, 7) is 0. The van der Waals surface area contributed by atoms with Gasteiger partial charge in [0.15, 0.2) is 10.3 Å². The summed E-state index contributed by atoms with van der Waals surface area (Å²) < 4.78 is 71.9. The minimum atomic E-state index is -4.80. The third-order valence-corrected chi connectivity index (χ3v) is 14.2. The predicted octanol–water partition coefficient (Wildman–Crippen LogP) is 10.7. The molecule has 6 aromatic carbocycles. The molecule has 0 spiro atoms. The summed E-state index contributed by atoms with van der Waals surface area (Å²) in [5, 5.41) is 8.49. The Hall–Kier alpha value is -3.96. The molecule has 0 aliphatic heterocycles. The molecule has 0 aliphatic carbocycles. The van der Waals surface area contributed by atoms with Crippen molar-refractivity contribution in [2.24, 2.45) is 0 Å². The van der Waals surface area contributed by atoms with Crippen molar-refractivity contribution < 1.29 is 25.9 Å². The molecular weight excluding hydrogens is 971 g/mol. The van der Waals surface area contributed by atoms with Gasteiger partial charge in [-0.25, -0.2) is 19.9 Å². The Morgan fingerprint density at radius 2 is 0.727 bits per heavy atom. The number of benzene rings is 6. The van der Waals surface area contributed by atoms with Gasteiger partial charge in [0.1, 0.15) is 31.5 Å². The normalized spacial score (nSPS) is 11.4. The fourth-order valence-electron chi connectivity index (χ4n) is 5.96. The van der Waals surface area contributed by atoms with E-state index in [-0.39, 0.29) is 70.2 Å². The number of rotatable bonds is 16. The van der Waals surface area contributed by atoms with Crippen molar-refractivity contribution >= 4 is 162 Å². The van der Waals surface area contributed by atoms with Gasteiger partial charge in [0, 0.05) is 43.1 Å². The van der Waals surface area contributed by atoms with Gasteiger partial charge in [-0.2, -0.15) is 16.8 Å². The number of nitrogens with one attached hydrogen (secondary N) is 2. The summed E-state index contributed by atoms with van der Waals surface area (Å²) in [5.41, 5.74) is 0.689. The molecule has 2 aromatic heterocycles. The van der Waals surface area contributed by atoms with E-state index in [1.54, 1.807) is 24.3 Å². The molecule has 0 unspecified atom stereocenters. The monoisotopic (exact) mass is 1010 g/mol. The van der Waals surface area contributed by atoms with E-state index in [2.05, 4.69) is 20.6 Å².